The Morgan fingerprint density at radius 2 is 1.40 bits per heavy atom. The van der Waals surface area contributed by atoms with Gasteiger partial charge >= 0.3 is 11.9 Å². The maximum Gasteiger partial charge on any atom is 0.330 e. The van der Waals surface area contributed by atoms with Crippen LogP contribution in [0.1, 0.15) is 6.92 Å². The molecule has 0 heterocycles. The molecule has 88 valence electrons. The van der Waals surface area contributed by atoms with Crippen molar-refractivity contribution >= 4 is 11.9 Å². The monoisotopic (exact) mass is 220 g/mol. The SMILES string of the molecule is C=C(C)C(=O)O.C=CC(=O)O.OCCO. The molecular weight excluding hydrogens is 204 g/mol. The molecule has 0 aliphatic heterocycles. The molecule has 0 aromatic rings. The van der Waals surface area contributed by atoms with Crippen LogP contribution in [-0.4, -0.2) is 45.6 Å². The van der Waals surface area contributed by atoms with Crippen LogP contribution in [0.25, 0.3) is 0 Å². The first-order valence-corrected chi connectivity index (χ1v) is 3.79. The second-order valence-electron chi connectivity index (χ2n) is 2.08. The fourth-order valence-electron chi connectivity index (χ4n) is 0. The van der Waals surface area contributed by atoms with Crippen molar-refractivity contribution in [2.75, 3.05) is 13.2 Å². The van der Waals surface area contributed by atoms with Crippen molar-refractivity contribution < 1.29 is 30.0 Å². The van der Waals surface area contributed by atoms with Crippen molar-refractivity contribution in [1.82, 2.24) is 0 Å². The van der Waals surface area contributed by atoms with E-state index in [1.54, 1.807) is 0 Å². The van der Waals surface area contributed by atoms with E-state index in [2.05, 4.69) is 13.2 Å². The summed E-state index contributed by atoms with van der Waals surface area (Å²) in [6.07, 6.45) is 0.833. The van der Waals surface area contributed by atoms with Crippen molar-refractivity contribution in [2.24, 2.45) is 0 Å². The van der Waals surface area contributed by atoms with Gasteiger partial charge in [-0.2, -0.15) is 0 Å². The van der Waals surface area contributed by atoms with Crippen LogP contribution < -0.4 is 0 Å². The van der Waals surface area contributed by atoms with Crippen LogP contribution in [0.15, 0.2) is 24.8 Å². The van der Waals surface area contributed by atoms with Crippen LogP contribution in [0.5, 0.6) is 0 Å². The Labute approximate surface area is 87.8 Å². The van der Waals surface area contributed by atoms with Crippen molar-refractivity contribution in [3.8, 4) is 0 Å². The predicted octanol–water partition coefficient (Wildman–Crippen LogP) is -0.125. The van der Waals surface area contributed by atoms with Gasteiger partial charge in [-0.15, -0.1) is 0 Å². The van der Waals surface area contributed by atoms with Crippen molar-refractivity contribution in [3.63, 3.8) is 0 Å². The summed E-state index contributed by atoms with van der Waals surface area (Å²) >= 11 is 0. The molecule has 0 saturated carbocycles. The molecule has 0 saturated heterocycles. The zero-order chi connectivity index (χ0) is 12.9. The maximum absolute atomic E-state index is 9.60. The number of hydrogen-bond acceptors (Lipinski definition) is 4. The van der Waals surface area contributed by atoms with Gasteiger partial charge in [-0.1, -0.05) is 13.2 Å². The van der Waals surface area contributed by atoms with E-state index in [0.717, 1.165) is 6.08 Å². The number of carbonyl (C=O) groups is 2. The molecule has 0 bridgehead atoms. The minimum Gasteiger partial charge on any atom is -0.478 e. The summed E-state index contributed by atoms with van der Waals surface area (Å²) in [6, 6.07) is 0. The first-order valence-electron chi connectivity index (χ1n) is 3.79. The zero-order valence-electron chi connectivity index (χ0n) is 8.51. The van der Waals surface area contributed by atoms with E-state index in [1.165, 1.54) is 6.92 Å². The van der Waals surface area contributed by atoms with Crippen LogP contribution in [0.3, 0.4) is 0 Å². The molecule has 0 atom stereocenters. The van der Waals surface area contributed by atoms with Gasteiger partial charge in [0.1, 0.15) is 0 Å². The summed E-state index contributed by atoms with van der Waals surface area (Å²) < 4.78 is 0. The number of aliphatic hydroxyl groups excluding tert-OH is 2. The number of aliphatic carboxylic acids is 2. The fraction of sp³-hybridized carbons (Fsp3) is 0.333. The highest BCUT2D eigenvalue weighted by Gasteiger charge is 1.90. The fourth-order valence-corrected chi connectivity index (χ4v) is 0. The molecule has 0 rings (SSSR count). The molecule has 15 heavy (non-hydrogen) atoms. The number of carboxylic acids is 2. The Hall–Kier alpha value is -1.66. The number of hydrogen-bond donors (Lipinski definition) is 4. The summed E-state index contributed by atoms with van der Waals surface area (Å²) in [5.74, 6) is -1.92. The van der Waals surface area contributed by atoms with E-state index >= 15 is 0 Å². The van der Waals surface area contributed by atoms with Gasteiger partial charge in [0.15, 0.2) is 0 Å². The van der Waals surface area contributed by atoms with E-state index in [1.807, 2.05) is 0 Å². The topological polar surface area (TPSA) is 115 Å². The molecule has 0 aromatic heterocycles. The van der Waals surface area contributed by atoms with Crippen molar-refractivity contribution in [3.05, 3.63) is 24.8 Å². The zero-order valence-corrected chi connectivity index (χ0v) is 8.51. The Morgan fingerprint density at radius 3 is 1.40 bits per heavy atom. The second kappa shape index (κ2) is 14.8. The van der Waals surface area contributed by atoms with E-state index in [-0.39, 0.29) is 18.8 Å². The molecule has 0 radical (unpaired) electrons. The Kier molecular flexibility index (Phi) is 18.8. The minimum atomic E-state index is -0.981. The molecule has 0 aliphatic rings. The lowest BCUT2D eigenvalue weighted by Gasteiger charge is -1.79. The van der Waals surface area contributed by atoms with Gasteiger partial charge in [-0.25, -0.2) is 9.59 Å². The average molecular weight is 220 g/mol. The summed E-state index contributed by atoms with van der Waals surface area (Å²) in [5.41, 5.74) is 0.176. The number of rotatable bonds is 3. The highest BCUT2D eigenvalue weighted by molar-refractivity contribution is 5.84. The van der Waals surface area contributed by atoms with Crippen molar-refractivity contribution in [1.29, 1.82) is 0 Å². The molecule has 0 spiro atoms. The van der Waals surface area contributed by atoms with Gasteiger partial charge < -0.3 is 20.4 Å². The third kappa shape index (κ3) is 46.3. The lowest BCUT2D eigenvalue weighted by molar-refractivity contribution is -0.133. The van der Waals surface area contributed by atoms with Crippen LogP contribution in [0.4, 0.5) is 0 Å². The second-order valence-corrected chi connectivity index (χ2v) is 2.08. The predicted molar refractivity (Wildman–Crippen MR) is 54.5 cm³/mol. The summed E-state index contributed by atoms with van der Waals surface area (Å²) in [6.45, 7) is 7.31. The van der Waals surface area contributed by atoms with Crippen LogP contribution in [0.2, 0.25) is 0 Å². The van der Waals surface area contributed by atoms with E-state index < -0.39 is 11.9 Å². The van der Waals surface area contributed by atoms with Crippen LogP contribution >= 0.6 is 0 Å². The molecule has 4 N–H and O–H groups in total. The molecule has 0 unspecified atom stereocenters. The summed E-state index contributed by atoms with van der Waals surface area (Å²) in [4.78, 5) is 18.8. The molecule has 6 nitrogen and oxygen atoms in total. The molecule has 0 aromatic carbocycles. The Balaban J connectivity index is -0.000000147. The molecular formula is C9H16O6. The Bertz CT molecular complexity index is 195. The standard InChI is InChI=1S/C4H6O2.C3H4O2.C2H6O2/c1-3(2)4(5)6;1-2-3(4)5;3-1-2-4/h1H2,2H3,(H,5,6);2H,1H2,(H,4,5);3-4H,1-2H2. The normalized spacial score (nSPS) is 7.13. The first-order chi connectivity index (χ1) is 6.83. The van der Waals surface area contributed by atoms with Crippen LogP contribution in [0, 0.1) is 0 Å². The van der Waals surface area contributed by atoms with Crippen LogP contribution in [-0.2, 0) is 9.59 Å². The van der Waals surface area contributed by atoms with Gasteiger partial charge in [0.05, 0.1) is 13.2 Å². The quantitative estimate of drug-likeness (QED) is 0.493. The smallest absolute Gasteiger partial charge is 0.330 e. The van der Waals surface area contributed by atoms with Gasteiger partial charge in [0.2, 0.25) is 0 Å². The van der Waals surface area contributed by atoms with Crippen molar-refractivity contribution in [2.45, 2.75) is 6.92 Å². The lowest BCUT2D eigenvalue weighted by atomic mass is 10.4. The van der Waals surface area contributed by atoms with Gasteiger partial charge in [0, 0.05) is 11.6 Å². The first kappa shape index (κ1) is 19.0. The highest BCUT2D eigenvalue weighted by atomic mass is 16.4. The lowest BCUT2D eigenvalue weighted by Crippen LogP contribution is -1.92. The summed E-state index contributed by atoms with van der Waals surface area (Å²) in [5, 5.41) is 30.7. The van der Waals surface area contributed by atoms with E-state index in [4.69, 9.17) is 20.4 Å². The number of aliphatic hydroxyl groups is 2. The van der Waals surface area contributed by atoms with E-state index in [9.17, 15) is 9.59 Å². The van der Waals surface area contributed by atoms with Gasteiger partial charge in [-0.3, -0.25) is 0 Å². The third-order valence-electron chi connectivity index (χ3n) is 0.640. The largest absolute Gasteiger partial charge is 0.478 e. The summed E-state index contributed by atoms with van der Waals surface area (Å²) in [7, 11) is 0. The molecule has 0 fully saturated rings. The minimum absolute atomic E-state index is 0.125. The maximum atomic E-state index is 9.60. The third-order valence-corrected chi connectivity index (χ3v) is 0.640. The molecule has 0 aliphatic carbocycles. The number of carboxylic acid groups (broad SMARTS) is 2. The van der Waals surface area contributed by atoms with Gasteiger partial charge in [-0.05, 0) is 6.92 Å². The molecule has 0 amide bonds. The van der Waals surface area contributed by atoms with Gasteiger partial charge in [0.25, 0.3) is 0 Å². The molecule has 6 heteroatoms. The Morgan fingerprint density at radius 1 is 1.20 bits per heavy atom. The highest BCUT2D eigenvalue weighted by Crippen LogP contribution is 1.81. The average Bonchev–Trinajstić information content (AvgIpc) is 2.19. The van der Waals surface area contributed by atoms with E-state index in [0.29, 0.717) is 0 Å².